The van der Waals surface area contributed by atoms with E-state index in [4.69, 9.17) is 4.74 Å². The maximum absolute atomic E-state index is 12.3. The van der Waals surface area contributed by atoms with E-state index in [0.717, 1.165) is 17.7 Å². The van der Waals surface area contributed by atoms with Crippen molar-refractivity contribution in [3.05, 3.63) is 71.7 Å². The van der Waals surface area contributed by atoms with E-state index in [1.165, 1.54) is 12.4 Å². The minimum atomic E-state index is -0.251. The summed E-state index contributed by atoms with van der Waals surface area (Å²) in [6.45, 7) is 4.14. The highest BCUT2D eigenvalue weighted by atomic mass is 16.5. The van der Waals surface area contributed by atoms with Crippen LogP contribution in [0.3, 0.4) is 0 Å². The van der Waals surface area contributed by atoms with Crippen molar-refractivity contribution in [1.29, 1.82) is 0 Å². The van der Waals surface area contributed by atoms with Gasteiger partial charge >= 0.3 is 0 Å². The van der Waals surface area contributed by atoms with Crippen molar-refractivity contribution in [3.8, 4) is 11.6 Å². The van der Waals surface area contributed by atoms with Crippen molar-refractivity contribution < 1.29 is 9.53 Å². The molecular weight excluding hydrogens is 330 g/mol. The lowest BCUT2D eigenvalue weighted by atomic mass is 10.2. The molecule has 7 nitrogen and oxygen atoms in total. The number of carbonyl (C=O) groups is 1. The van der Waals surface area contributed by atoms with Crippen molar-refractivity contribution in [1.82, 2.24) is 25.3 Å². The molecule has 3 aromatic rings. The van der Waals surface area contributed by atoms with Crippen LogP contribution < -0.4 is 10.1 Å². The summed E-state index contributed by atoms with van der Waals surface area (Å²) >= 11 is 0. The highest BCUT2D eigenvalue weighted by Crippen LogP contribution is 2.22. The Hall–Kier alpha value is -3.35. The highest BCUT2D eigenvalue weighted by molar-refractivity contribution is 5.93. The number of hydrogen-bond acceptors (Lipinski definition) is 6. The SMILES string of the molecule is CCc1ncc(C(=O)NCc2cccnc2Oc2ccc(C)nc2)cn1. The lowest BCUT2D eigenvalue weighted by Crippen LogP contribution is -2.23. The van der Waals surface area contributed by atoms with E-state index in [1.54, 1.807) is 18.5 Å². The number of carbonyl (C=O) groups excluding carboxylic acids is 1. The van der Waals surface area contributed by atoms with E-state index in [-0.39, 0.29) is 12.5 Å². The Kier molecular flexibility index (Phi) is 5.48. The quantitative estimate of drug-likeness (QED) is 0.736. The van der Waals surface area contributed by atoms with E-state index in [2.05, 4.69) is 25.3 Å². The Labute approximate surface area is 151 Å². The molecule has 0 aliphatic heterocycles. The van der Waals surface area contributed by atoms with Crippen LogP contribution in [0.25, 0.3) is 0 Å². The predicted molar refractivity (Wildman–Crippen MR) is 95.9 cm³/mol. The second-order valence-electron chi connectivity index (χ2n) is 5.63. The normalized spacial score (nSPS) is 10.4. The fourth-order valence-corrected chi connectivity index (χ4v) is 2.21. The molecule has 0 bridgehead atoms. The Morgan fingerprint density at radius 1 is 1.08 bits per heavy atom. The summed E-state index contributed by atoms with van der Waals surface area (Å²) in [5.74, 6) is 1.47. The summed E-state index contributed by atoms with van der Waals surface area (Å²) in [5.41, 5.74) is 2.07. The van der Waals surface area contributed by atoms with Crippen LogP contribution in [0.4, 0.5) is 0 Å². The van der Waals surface area contributed by atoms with Crippen LogP contribution >= 0.6 is 0 Å². The van der Waals surface area contributed by atoms with Crippen molar-refractivity contribution in [2.75, 3.05) is 0 Å². The first kappa shape index (κ1) is 17.5. The summed E-state index contributed by atoms with van der Waals surface area (Å²) < 4.78 is 5.78. The molecule has 26 heavy (non-hydrogen) atoms. The summed E-state index contributed by atoms with van der Waals surface area (Å²) in [6, 6.07) is 7.33. The molecule has 3 aromatic heterocycles. The molecule has 0 saturated carbocycles. The van der Waals surface area contributed by atoms with Gasteiger partial charge in [0.15, 0.2) is 0 Å². The molecule has 1 amide bonds. The molecule has 0 aliphatic carbocycles. The largest absolute Gasteiger partial charge is 0.437 e. The molecule has 0 spiro atoms. The van der Waals surface area contributed by atoms with Crippen LogP contribution in [0, 0.1) is 6.92 Å². The second kappa shape index (κ2) is 8.15. The number of aryl methyl sites for hydroxylation is 2. The first-order valence-corrected chi connectivity index (χ1v) is 8.29. The summed E-state index contributed by atoms with van der Waals surface area (Å²) in [4.78, 5) is 29.0. The van der Waals surface area contributed by atoms with Crippen LogP contribution in [0.2, 0.25) is 0 Å². The lowest BCUT2D eigenvalue weighted by molar-refractivity contribution is 0.0950. The van der Waals surface area contributed by atoms with E-state index < -0.39 is 0 Å². The maximum atomic E-state index is 12.3. The average molecular weight is 349 g/mol. The van der Waals surface area contributed by atoms with Crippen molar-refractivity contribution >= 4 is 5.91 Å². The zero-order valence-electron chi connectivity index (χ0n) is 14.6. The molecule has 0 unspecified atom stereocenters. The van der Waals surface area contributed by atoms with Crippen LogP contribution in [0.1, 0.15) is 34.4 Å². The molecular formula is C19H19N5O2. The number of hydrogen-bond donors (Lipinski definition) is 1. The molecule has 0 atom stereocenters. The number of aromatic nitrogens is 4. The monoisotopic (exact) mass is 349 g/mol. The van der Waals surface area contributed by atoms with Crippen molar-refractivity contribution in [2.45, 2.75) is 26.8 Å². The number of nitrogens with one attached hydrogen (secondary N) is 1. The number of amides is 1. The first-order valence-electron chi connectivity index (χ1n) is 8.29. The van der Waals surface area contributed by atoms with E-state index >= 15 is 0 Å². The van der Waals surface area contributed by atoms with E-state index in [0.29, 0.717) is 23.0 Å². The molecule has 7 heteroatoms. The topological polar surface area (TPSA) is 89.9 Å². The Bertz CT molecular complexity index is 879. The molecule has 0 radical (unpaired) electrons. The molecule has 0 saturated heterocycles. The van der Waals surface area contributed by atoms with Gasteiger partial charge in [0, 0.05) is 42.8 Å². The number of pyridine rings is 2. The Morgan fingerprint density at radius 3 is 2.58 bits per heavy atom. The second-order valence-corrected chi connectivity index (χ2v) is 5.63. The Balaban J connectivity index is 1.67. The van der Waals surface area contributed by atoms with Gasteiger partial charge in [0.05, 0.1) is 11.8 Å². The molecule has 132 valence electrons. The van der Waals surface area contributed by atoms with Gasteiger partial charge in [0.25, 0.3) is 5.91 Å². The summed E-state index contributed by atoms with van der Waals surface area (Å²) in [6.07, 6.45) is 7.06. The van der Waals surface area contributed by atoms with Gasteiger partial charge < -0.3 is 10.1 Å². The van der Waals surface area contributed by atoms with Gasteiger partial charge in [-0.1, -0.05) is 13.0 Å². The first-order chi connectivity index (χ1) is 12.7. The fourth-order valence-electron chi connectivity index (χ4n) is 2.21. The minimum absolute atomic E-state index is 0.251. The Morgan fingerprint density at radius 2 is 1.88 bits per heavy atom. The van der Waals surface area contributed by atoms with Gasteiger partial charge in [-0.25, -0.2) is 15.0 Å². The third-order valence-corrected chi connectivity index (χ3v) is 3.67. The third-order valence-electron chi connectivity index (χ3n) is 3.67. The number of rotatable bonds is 6. The van der Waals surface area contributed by atoms with Gasteiger partial charge in [-0.3, -0.25) is 9.78 Å². The average Bonchev–Trinajstić information content (AvgIpc) is 2.69. The molecule has 0 aromatic carbocycles. The van der Waals surface area contributed by atoms with E-state index in [9.17, 15) is 4.79 Å². The van der Waals surface area contributed by atoms with Gasteiger partial charge in [0.1, 0.15) is 11.6 Å². The smallest absolute Gasteiger partial charge is 0.254 e. The van der Waals surface area contributed by atoms with Crippen molar-refractivity contribution in [3.63, 3.8) is 0 Å². The van der Waals surface area contributed by atoms with Crippen molar-refractivity contribution in [2.24, 2.45) is 0 Å². The van der Waals surface area contributed by atoms with Gasteiger partial charge in [-0.15, -0.1) is 0 Å². The van der Waals surface area contributed by atoms with Gasteiger partial charge in [-0.2, -0.15) is 0 Å². The lowest BCUT2D eigenvalue weighted by Gasteiger charge is -2.10. The molecule has 0 fully saturated rings. The number of ether oxygens (including phenoxy) is 1. The zero-order chi connectivity index (χ0) is 18.4. The third kappa shape index (κ3) is 4.38. The van der Waals surface area contributed by atoms with Crippen LogP contribution in [0.5, 0.6) is 11.6 Å². The molecule has 3 rings (SSSR count). The summed E-state index contributed by atoms with van der Waals surface area (Å²) in [7, 11) is 0. The standard InChI is InChI=1S/C19H19N5O2/c1-3-17-22-10-15(11-23-17)18(25)24-9-14-5-4-8-20-19(14)26-16-7-6-13(2)21-12-16/h4-8,10-12H,3,9H2,1-2H3,(H,24,25). The van der Waals surface area contributed by atoms with Gasteiger partial charge in [-0.05, 0) is 25.1 Å². The minimum Gasteiger partial charge on any atom is -0.437 e. The van der Waals surface area contributed by atoms with Crippen LogP contribution in [0.15, 0.2) is 49.1 Å². The zero-order valence-corrected chi connectivity index (χ0v) is 14.6. The van der Waals surface area contributed by atoms with E-state index in [1.807, 2.05) is 32.0 Å². The fraction of sp³-hybridized carbons (Fsp3) is 0.211. The highest BCUT2D eigenvalue weighted by Gasteiger charge is 2.10. The summed E-state index contributed by atoms with van der Waals surface area (Å²) in [5, 5.41) is 2.83. The van der Waals surface area contributed by atoms with Crippen LogP contribution in [-0.2, 0) is 13.0 Å². The number of nitrogens with zero attached hydrogens (tertiary/aromatic N) is 4. The van der Waals surface area contributed by atoms with Gasteiger partial charge in [0.2, 0.25) is 5.88 Å². The molecule has 1 N–H and O–H groups in total. The predicted octanol–water partition coefficient (Wildman–Crippen LogP) is 2.86. The van der Waals surface area contributed by atoms with Crippen LogP contribution in [-0.4, -0.2) is 25.8 Å². The molecule has 0 aliphatic rings. The maximum Gasteiger partial charge on any atom is 0.254 e. The molecule has 3 heterocycles.